The van der Waals surface area contributed by atoms with Crippen LogP contribution in [0.25, 0.3) is 0 Å². The molecule has 0 spiro atoms. The van der Waals surface area contributed by atoms with Gasteiger partial charge in [0.1, 0.15) is 31.9 Å². The average Bonchev–Trinajstić information content (AvgIpc) is 3.67. The molecule has 0 saturated carbocycles. The smallest absolute Gasteiger partial charge is 0.437 e. The summed E-state index contributed by atoms with van der Waals surface area (Å²) >= 11 is 0. The van der Waals surface area contributed by atoms with Gasteiger partial charge in [-0.25, -0.2) is 14.4 Å². The monoisotopic (exact) mass is 725 g/mol. The molecule has 5 rings (SSSR count). The Balaban J connectivity index is 1.17. The number of aliphatic hydroxyl groups is 1. The Hall–Kier alpha value is -6.06. The molecule has 1 saturated heterocycles. The number of benzene rings is 3. The molecule has 1 aliphatic rings. The molecule has 1 aliphatic heterocycles. The second-order valence-corrected chi connectivity index (χ2v) is 11.9. The van der Waals surface area contributed by atoms with Crippen LogP contribution in [0.2, 0.25) is 0 Å². The van der Waals surface area contributed by atoms with Gasteiger partial charge in [0.2, 0.25) is 11.6 Å². The molecule has 4 aromatic rings. The summed E-state index contributed by atoms with van der Waals surface area (Å²) in [5, 5.41) is 17.7. The molecule has 1 fully saturated rings. The Labute approximate surface area is 306 Å². The van der Waals surface area contributed by atoms with Gasteiger partial charge in [-0.05, 0) is 48.4 Å². The number of aliphatic imine (C=N–C) groups is 1. The first-order chi connectivity index (χ1) is 25.9. The Bertz CT molecular complexity index is 1860. The number of alkyl carbamates (subject to hydrolysis) is 1. The summed E-state index contributed by atoms with van der Waals surface area (Å²) in [4.78, 5) is 50.7. The largest absolute Gasteiger partial charge is 0.444 e. The SMILES string of the molecule is O=C(/N=C(/NCCCC/N=c1\nc(NC(=O)OCc2ccccc2)ccn1[C@H]1CC[C@@H](CO)O1)NC(=O)OCc1ccccc1)OCc1ccccc1. The van der Waals surface area contributed by atoms with Crippen molar-refractivity contribution in [3.8, 4) is 0 Å². The highest BCUT2D eigenvalue weighted by Gasteiger charge is 2.26. The van der Waals surface area contributed by atoms with Crippen molar-refractivity contribution >= 4 is 30.1 Å². The molecule has 0 unspecified atom stereocenters. The zero-order valence-electron chi connectivity index (χ0n) is 29.1. The third-order valence-corrected chi connectivity index (χ3v) is 7.86. The van der Waals surface area contributed by atoms with Gasteiger partial charge in [0.15, 0.2) is 0 Å². The van der Waals surface area contributed by atoms with Crippen LogP contribution in [0.4, 0.5) is 20.2 Å². The van der Waals surface area contributed by atoms with Gasteiger partial charge in [0.05, 0.1) is 12.7 Å². The zero-order valence-corrected chi connectivity index (χ0v) is 29.1. The van der Waals surface area contributed by atoms with E-state index in [4.69, 9.17) is 18.9 Å². The molecule has 4 N–H and O–H groups in total. The van der Waals surface area contributed by atoms with E-state index in [1.165, 1.54) is 0 Å². The number of ether oxygens (including phenoxy) is 4. The molecule has 53 heavy (non-hydrogen) atoms. The zero-order chi connectivity index (χ0) is 37.1. The number of nitrogens with zero attached hydrogens (tertiary/aromatic N) is 4. The van der Waals surface area contributed by atoms with Crippen LogP contribution in [0.15, 0.2) is 113 Å². The van der Waals surface area contributed by atoms with E-state index in [2.05, 4.69) is 30.9 Å². The predicted molar refractivity (Wildman–Crippen MR) is 194 cm³/mol. The van der Waals surface area contributed by atoms with Crippen molar-refractivity contribution in [2.75, 3.05) is 25.0 Å². The lowest BCUT2D eigenvalue weighted by Crippen LogP contribution is -2.42. The number of aliphatic hydroxyl groups excluding tert-OH is 1. The Kier molecular flexibility index (Phi) is 14.9. The Morgan fingerprint density at radius 3 is 2.00 bits per heavy atom. The number of hydrogen-bond acceptors (Lipinski definition) is 10. The van der Waals surface area contributed by atoms with Gasteiger partial charge in [0, 0.05) is 19.3 Å². The third-order valence-electron chi connectivity index (χ3n) is 7.86. The molecule has 2 atom stereocenters. The number of guanidine groups is 1. The molecule has 1 aromatic heterocycles. The number of aromatic nitrogens is 2. The minimum atomic E-state index is -0.889. The van der Waals surface area contributed by atoms with E-state index in [0.717, 1.165) is 16.7 Å². The fraction of sp³-hybridized carbons (Fsp3) is 0.316. The summed E-state index contributed by atoms with van der Waals surface area (Å²) in [5.41, 5.74) is 2.77. The van der Waals surface area contributed by atoms with Crippen LogP contribution in [0.3, 0.4) is 0 Å². The van der Waals surface area contributed by atoms with Crippen molar-refractivity contribution in [2.24, 2.45) is 9.98 Å². The van der Waals surface area contributed by atoms with Crippen LogP contribution in [0, 0.1) is 0 Å². The molecule has 3 aromatic carbocycles. The summed E-state index contributed by atoms with van der Waals surface area (Å²) in [6.45, 7) is 0.743. The van der Waals surface area contributed by atoms with Crippen LogP contribution in [0.1, 0.15) is 48.6 Å². The van der Waals surface area contributed by atoms with Crippen LogP contribution >= 0.6 is 0 Å². The van der Waals surface area contributed by atoms with Crippen molar-refractivity contribution in [3.05, 3.63) is 126 Å². The summed E-state index contributed by atoms with van der Waals surface area (Å²) in [6.07, 6.45) is 1.21. The maximum absolute atomic E-state index is 12.6. The molecule has 15 nitrogen and oxygen atoms in total. The third kappa shape index (κ3) is 13.2. The molecule has 0 radical (unpaired) electrons. The number of amides is 3. The Morgan fingerprint density at radius 1 is 0.792 bits per heavy atom. The first-order valence-electron chi connectivity index (χ1n) is 17.3. The van der Waals surface area contributed by atoms with E-state index < -0.39 is 18.3 Å². The van der Waals surface area contributed by atoms with Crippen LogP contribution < -0.4 is 21.6 Å². The van der Waals surface area contributed by atoms with Gasteiger partial charge in [-0.1, -0.05) is 91.0 Å². The molecule has 0 bridgehead atoms. The number of hydrogen-bond donors (Lipinski definition) is 4. The van der Waals surface area contributed by atoms with Crippen molar-refractivity contribution in [1.82, 2.24) is 20.2 Å². The van der Waals surface area contributed by atoms with E-state index in [1.54, 1.807) is 16.8 Å². The van der Waals surface area contributed by atoms with E-state index in [0.29, 0.717) is 44.4 Å². The van der Waals surface area contributed by atoms with E-state index >= 15 is 0 Å². The minimum Gasteiger partial charge on any atom is -0.444 e. The van der Waals surface area contributed by atoms with Gasteiger partial charge in [0.25, 0.3) is 0 Å². The van der Waals surface area contributed by atoms with Crippen LogP contribution in [-0.2, 0) is 38.8 Å². The van der Waals surface area contributed by atoms with E-state index in [9.17, 15) is 19.5 Å². The maximum atomic E-state index is 12.6. The number of unbranched alkanes of at least 4 members (excludes halogenated alkanes) is 1. The van der Waals surface area contributed by atoms with Crippen molar-refractivity contribution in [2.45, 2.75) is 57.8 Å². The van der Waals surface area contributed by atoms with Crippen LogP contribution in [0.5, 0.6) is 0 Å². The standard InChI is InChI=1S/C38H43N7O8/c46-24-31-18-19-33(53-31)45-23-20-32(42-36(47)50-25-28-12-4-1-5-13-28)41-35(45)40-22-11-10-21-39-34(43-37(48)51-26-29-14-6-2-7-15-29)44-38(49)52-27-30-16-8-3-9-17-30/h1-9,12-17,20,23,31,33,46H,10-11,18-19,21-22,24-27H2,(H,40,41,42,47)(H2,39,43,44,48,49)/t31-,33+/m0/s1. The average molecular weight is 726 g/mol. The van der Waals surface area contributed by atoms with E-state index in [1.807, 2.05) is 91.0 Å². The highest BCUT2D eigenvalue weighted by molar-refractivity contribution is 5.98. The van der Waals surface area contributed by atoms with Crippen LogP contribution in [-0.4, -0.2) is 64.7 Å². The number of carbonyl (C=O) groups is 3. The van der Waals surface area contributed by atoms with Crippen molar-refractivity contribution < 1.29 is 38.4 Å². The van der Waals surface area contributed by atoms with Gasteiger partial charge in [-0.15, -0.1) is 4.99 Å². The number of nitrogens with one attached hydrogen (secondary N) is 3. The fourth-order valence-electron chi connectivity index (χ4n) is 5.15. The summed E-state index contributed by atoms with van der Waals surface area (Å²) < 4.78 is 23.6. The normalized spacial score (nSPS) is 15.7. The van der Waals surface area contributed by atoms with Gasteiger partial charge >= 0.3 is 18.3 Å². The lowest BCUT2D eigenvalue weighted by atomic mass is 10.2. The fourth-order valence-corrected chi connectivity index (χ4v) is 5.15. The second-order valence-electron chi connectivity index (χ2n) is 11.9. The predicted octanol–water partition coefficient (Wildman–Crippen LogP) is 5.19. The molecular weight excluding hydrogens is 682 g/mol. The highest BCUT2D eigenvalue weighted by Crippen LogP contribution is 2.26. The molecular formula is C38H43N7O8. The minimum absolute atomic E-state index is 0.0165. The number of rotatable bonds is 14. The summed E-state index contributed by atoms with van der Waals surface area (Å²) in [7, 11) is 0. The molecule has 3 amide bonds. The van der Waals surface area contributed by atoms with Crippen molar-refractivity contribution in [3.63, 3.8) is 0 Å². The lowest BCUT2D eigenvalue weighted by molar-refractivity contribution is -0.0249. The van der Waals surface area contributed by atoms with Gasteiger partial charge in [-0.2, -0.15) is 4.98 Å². The topological polar surface area (TPSA) is 187 Å². The van der Waals surface area contributed by atoms with E-state index in [-0.39, 0.29) is 50.5 Å². The lowest BCUT2D eigenvalue weighted by Gasteiger charge is -2.17. The second kappa shape index (κ2) is 20.7. The highest BCUT2D eigenvalue weighted by atomic mass is 16.6. The first-order valence-corrected chi connectivity index (χ1v) is 17.3. The summed E-state index contributed by atoms with van der Waals surface area (Å²) in [5.74, 6) is 0.133. The molecule has 15 heteroatoms. The number of carbonyl (C=O) groups excluding carboxylic acids is 3. The first kappa shape index (κ1) is 38.2. The number of anilines is 1. The molecule has 278 valence electrons. The quantitative estimate of drug-likeness (QED) is 0.0583. The maximum Gasteiger partial charge on any atom is 0.437 e. The summed E-state index contributed by atoms with van der Waals surface area (Å²) in [6, 6.07) is 29.3. The molecule has 0 aliphatic carbocycles. The van der Waals surface area contributed by atoms with Gasteiger partial charge < -0.3 is 29.4 Å². The molecule has 2 heterocycles. The van der Waals surface area contributed by atoms with Crippen molar-refractivity contribution in [1.29, 1.82) is 0 Å². The van der Waals surface area contributed by atoms with Gasteiger partial charge in [-0.3, -0.25) is 20.2 Å². The Morgan fingerprint density at radius 2 is 1.40 bits per heavy atom.